The van der Waals surface area contributed by atoms with E-state index in [0.717, 1.165) is 17.7 Å². The van der Waals surface area contributed by atoms with Crippen LogP contribution in [-0.2, 0) is 6.61 Å². The number of benzene rings is 3. The van der Waals surface area contributed by atoms with E-state index in [-0.39, 0.29) is 18.1 Å². The number of non-ortho nitro benzene ring substituents is 1. The molecule has 0 heterocycles. The molecule has 0 aromatic heterocycles. The van der Waals surface area contributed by atoms with Gasteiger partial charge in [0.1, 0.15) is 23.9 Å². The summed E-state index contributed by atoms with van der Waals surface area (Å²) in [7, 11) is 0. The lowest BCUT2D eigenvalue weighted by molar-refractivity contribution is -0.393. The Morgan fingerprint density at radius 1 is 1.03 bits per heavy atom. The lowest BCUT2D eigenvalue weighted by atomic mass is 10.2. The fourth-order valence-corrected chi connectivity index (χ4v) is 2.72. The molecule has 9 nitrogen and oxygen atoms in total. The lowest BCUT2D eigenvalue weighted by Gasteiger charge is -2.10. The summed E-state index contributed by atoms with van der Waals surface area (Å²) in [6.45, 7) is 0.171. The van der Waals surface area contributed by atoms with Crippen molar-refractivity contribution in [3.8, 4) is 5.75 Å². The Morgan fingerprint density at radius 2 is 1.77 bits per heavy atom. The quantitative estimate of drug-likeness (QED) is 0.285. The minimum atomic E-state index is -0.749. The van der Waals surface area contributed by atoms with Gasteiger partial charge >= 0.3 is 5.69 Å². The monoisotopic (exact) mass is 444 g/mol. The minimum absolute atomic E-state index is 0.0253. The van der Waals surface area contributed by atoms with Crippen LogP contribution in [0.25, 0.3) is 0 Å². The average molecular weight is 445 g/mol. The zero-order valence-electron chi connectivity index (χ0n) is 15.7. The van der Waals surface area contributed by atoms with Crippen molar-refractivity contribution in [3.63, 3.8) is 0 Å². The molecule has 0 aliphatic heterocycles. The smallest absolute Gasteiger partial charge is 0.301 e. The van der Waals surface area contributed by atoms with Gasteiger partial charge in [0.2, 0.25) is 0 Å². The Hall–Kier alpha value is -4.05. The summed E-state index contributed by atoms with van der Waals surface area (Å²) in [5.74, 6) is 0.0759. The van der Waals surface area contributed by atoms with Crippen molar-refractivity contribution in [3.05, 3.63) is 103 Å². The topological polar surface area (TPSA) is 120 Å². The van der Waals surface area contributed by atoms with Crippen molar-refractivity contribution in [2.45, 2.75) is 6.61 Å². The van der Waals surface area contributed by atoms with Crippen LogP contribution in [0.15, 0.2) is 65.8 Å². The van der Waals surface area contributed by atoms with Gasteiger partial charge in [-0.05, 0) is 42.0 Å². The van der Waals surface area contributed by atoms with Crippen LogP contribution in [0.3, 0.4) is 0 Å². The molecule has 0 saturated carbocycles. The number of nitrogens with zero attached hydrogens (tertiary/aromatic N) is 3. The Balaban J connectivity index is 1.77. The second-order valence-electron chi connectivity index (χ2n) is 6.18. The molecule has 0 radical (unpaired) electrons. The molecule has 3 aromatic rings. The highest BCUT2D eigenvalue weighted by atomic mass is 35.5. The number of halogens is 2. The van der Waals surface area contributed by atoms with E-state index in [4.69, 9.17) is 16.3 Å². The maximum absolute atomic E-state index is 13.0. The lowest BCUT2D eigenvalue weighted by Crippen LogP contribution is -2.01. The normalized spacial score (nSPS) is 10.8. The number of ether oxygens (including phenoxy) is 1. The number of nitrogens with one attached hydrogen (secondary N) is 1. The largest absolute Gasteiger partial charge is 0.488 e. The molecule has 3 rings (SSSR count). The van der Waals surface area contributed by atoms with E-state index < -0.39 is 21.2 Å². The van der Waals surface area contributed by atoms with Crippen molar-refractivity contribution in [2.24, 2.45) is 5.10 Å². The molecule has 31 heavy (non-hydrogen) atoms. The molecule has 0 aliphatic carbocycles. The van der Waals surface area contributed by atoms with Gasteiger partial charge in [0.25, 0.3) is 5.69 Å². The number of hydrogen-bond donors (Lipinski definition) is 1. The number of anilines is 1. The predicted molar refractivity (Wildman–Crippen MR) is 113 cm³/mol. The van der Waals surface area contributed by atoms with Crippen LogP contribution in [0.5, 0.6) is 5.75 Å². The summed E-state index contributed by atoms with van der Waals surface area (Å²) in [4.78, 5) is 20.5. The molecule has 0 unspecified atom stereocenters. The van der Waals surface area contributed by atoms with Crippen LogP contribution >= 0.6 is 11.6 Å². The van der Waals surface area contributed by atoms with E-state index in [1.807, 2.05) is 0 Å². The molecule has 11 heteroatoms. The molecule has 0 atom stereocenters. The molecule has 158 valence electrons. The molecule has 0 aliphatic rings. The second kappa shape index (κ2) is 9.63. The zero-order valence-corrected chi connectivity index (χ0v) is 16.5. The first-order valence-electron chi connectivity index (χ1n) is 8.72. The molecule has 0 spiro atoms. The van der Waals surface area contributed by atoms with Crippen LogP contribution < -0.4 is 10.2 Å². The predicted octanol–water partition coefficient (Wildman–Crippen LogP) is 5.32. The van der Waals surface area contributed by atoms with Crippen LogP contribution in [0.2, 0.25) is 5.02 Å². The SMILES string of the molecule is O=[N+]([O-])c1ccc(N/N=C/c2cc(Cl)ccc2OCc2ccc(F)cc2)c([N+](=O)[O-])c1. The van der Waals surface area contributed by atoms with Gasteiger partial charge < -0.3 is 4.74 Å². The highest BCUT2D eigenvalue weighted by Crippen LogP contribution is 2.29. The molecule has 0 fully saturated rings. The third kappa shape index (κ3) is 5.73. The fourth-order valence-electron chi connectivity index (χ4n) is 2.54. The first kappa shape index (κ1) is 21.7. The third-order valence-corrected chi connectivity index (χ3v) is 4.29. The van der Waals surface area contributed by atoms with E-state index in [9.17, 15) is 24.6 Å². The number of hydrazone groups is 1. The summed E-state index contributed by atoms with van der Waals surface area (Å²) in [5, 5.41) is 26.4. The van der Waals surface area contributed by atoms with Crippen LogP contribution in [0.1, 0.15) is 11.1 Å². The van der Waals surface area contributed by atoms with E-state index in [1.54, 1.807) is 30.3 Å². The molecule has 1 N–H and O–H groups in total. The maximum Gasteiger partial charge on any atom is 0.301 e. The summed E-state index contributed by atoms with van der Waals surface area (Å²) < 4.78 is 18.8. The van der Waals surface area contributed by atoms with Gasteiger partial charge in [-0.1, -0.05) is 23.7 Å². The van der Waals surface area contributed by atoms with Crippen molar-refractivity contribution in [1.82, 2.24) is 0 Å². The molecular formula is C20H14ClFN4O5. The van der Waals surface area contributed by atoms with E-state index in [0.29, 0.717) is 16.3 Å². The van der Waals surface area contributed by atoms with E-state index in [1.165, 1.54) is 24.4 Å². The number of hydrogen-bond acceptors (Lipinski definition) is 7. The fraction of sp³-hybridized carbons (Fsp3) is 0.0500. The third-order valence-electron chi connectivity index (χ3n) is 4.06. The van der Waals surface area contributed by atoms with Crippen LogP contribution in [-0.4, -0.2) is 16.1 Å². The maximum atomic E-state index is 13.0. The van der Waals surface area contributed by atoms with Crippen molar-refractivity contribution in [2.75, 3.05) is 5.43 Å². The summed E-state index contributed by atoms with van der Waals surface area (Å²) in [6.07, 6.45) is 1.34. The van der Waals surface area contributed by atoms with Gasteiger partial charge in [0.15, 0.2) is 0 Å². The Bertz CT molecular complexity index is 1150. The van der Waals surface area contributed by atoms with Crippen molar-refractivity contribution in [1.29, 1.82) is 0 Å². The van der Waals surface area contributed by atoms with Gasteiger partial charge in [-0.25, -0.2) is 4.39 Å². The molecular weight excluding hydrogens is 431 g/mol. The minimum Gasteiger partial charge on any atom is -0.488 e. The van der Waals surface area contributed by atoms with E-state index >= 15 is 0 Å². The van der Waals surface area contributed by atoms with Gasteiger partial charge in [-0.15, -0.1) is 0 Å². The Morgan fingerprint density at radius 3 is 2.45 bits per heavy atom. The number of nitro groups is 2. The highest BCUT2D eigenvalue weighted by Gasteiger charge is 2.19. The first-order chi connectivity index (χ1) is 14.8. The average Bonchev–Trinajstić information content (AvgIpc) is 2.74. The molecule has 0 bridgehead atoms. The van der Waals surface area contributed by atoms with Gasteiger partial charge in [-0.3, -0.25) is 25.7 Å². The van der Waals surface area contributed by atoms with Gasteiger partial charge in [0, 0.05) is 16.7 Å². The molecule has 0 amide bonds. The zero-order chi connectivity index (χ0) is 22.4. The summed E-state index contributed by atoms with van der Waals surface area (Å²) >= 11 is 6.03. The van der Waals surface area contributed by atoms with Crippen molar-refractivity contribution >= 4 is 34.9 Å². The summed E-state index contributed by atoms with van der Waals surface area (Å²) in [6, 6.07) is 13.8. The Labute approximate surface area is 180 Å². The first-order valence-corrected chi connectivity index (χ1v) is 9.10. The van der Waals surface area contributed by atoms with Crippen molar-refractivity contribution < 1.29 is 19.0 Å². The van der Waals surface area contributed by atoms with Crippen LogP contribution in [0, 0.1) is 26.0 Å². The summed E-state index contributed by atoms with van der Waals surface area (Å²) in [5.41, 5.74) is 2.80. The molecule has 0 saturated heterocycles. The highest BCUT2D eigenvalue weighted by molar-refractivity contribution is 6.30. The number of nitro benzene ring substituents is 2. The molecule has 3 aromatic carbocycles. The van der Waals surface area contributed by atoms with Crippen LogP contribution in [0.4, 0.5) is 21.5 Å². The number of rotatable bonds is 8. The van der Waals surface area contributed by atoms with Gasteiger partial charge in [-0.2, -0.15) is 5.10 Å². The standard InChI is InChI=1S/C20H14ClFN4O5/c21-15-3-8-20(31-12-13-1-4-16(22)5-2-13)14(9-15)11-23-24-18-7-6-17(25(27)28)10-19(18)26(29)30/h1-11,24H,12H2/b23-11+. The van der Waals surface area contributed by atoms with E-state index in [2.05, 4.69) is 10.5 Å². The Kier molecular flexibility index (Phi) is 6.73. The van der Waals surface area contributed by atoms with Gasteiger partial charge in [0.05, 0.1) is 22.1 Å². The second-order valence-corrected chi connectivity index (χ2v) is 6.62.